The largest absolute Gasteiger partial charge is 0.322 e. The topological polar surface area (TPSA) is 66.5 Å². The van der Waals surface area contributed by atoms with Crippen LogP contribution < -0.4 is 5.32 Å². The van der Waals surface area contributed by atoms with Crippen molar-refractivity contribution in [1.82, 2.24) is 4.31 Å². The van der Waals surface area contributed by atoms with E-state index in [9.17, 15) is 13.2 Å². The number of rotatable bonds is 5. The molecule has 1 amide bonds. The monoisotopic (exact) mass is 398 g/mol. The van der Waals surface area contributed by atoms with Crippen LogP contribution in [0.5, 0.6) is 0 Å². The van der Waals surface area contributed by atoms with E-state index in [1.165, 1.54) is 10.4 Å². The van der Waals surface area contributed by atoms with E-state index in [0.717, 1.165) is 36.0 Å². The quantitative estimate of drug-likeness (QED) is 0.770. The molecule has 0 atom stereocenters. The van der Waals surface area contributed by atoms with E-state index >= 15 is 0 Å². The molecule has 2 aromatic rings. The number of nitrogens with one attached hydrogen (secondary N) is 1. The summed E-state index contributed by atoms with van der Waals surface area (Å²) in [5, 5.41) is 2.80. The van der Waals surface area contributed by atoms with Crippen molar-refractivity contribution in [3.63, 3.8) is 0 Å². The number of aryl methyl sites for hydroxylation is 2. The molecule has 28 heavy (non-hydrogen) atoms. The maximum atomic E-state index is 12.9. The number of carbonyl (C=O) groups excluding carboxylic acids is 1. The van der Waals surface area contributed by atoms with Crippen LogP contribution in [0.1, 0.15) is 36.0 Å². The van der Waals surface area contributed by atoms with Gasteiger partial charge in [-0.1, -0.05) is 42.3 Å². The summed E-state index contributed by atoms with van der Waals surface area (Å²) in [6.45, 7) is 4.94. The van der Waals surface area contributed by atoms with Gasteiger partial charge in [0.1, 0.15) is 0 Å². The average molecular weight is 399 g/mol. The third kappa shape index (κ3) is 4.88. The highest BCUT2D eigenvalue weighted by atomic mass is 32.2. The lowest BCUT2D eigenvalue weighted by Crippen LogP contribution is -2.35. The summed E-state index contributed by atoms with van der Waals surface area (Å²) in [6.07, 6.45) is 6.04. The summed E-state index contributed by atoms with van der Waals surface area (Å²) in [5.41, 5.74) is 3.38. The zero-order valence-corrected chi connectivity index (χ0v) is 17.1. The van der Waals surface area contributed by atoms with Crippen molar-refractivity contribution in [2.75, 3.05) is 18.4 Å². The van der Waals surface area contributed by atoms with Crippen molar-refractivity contribution < 1.29 is 13.2 Å². The van der Waals surface area contributed by atoms with Gasteiger partial charge in [0.2, 0.25) is 15.9 Å². The number of anilines is 1. The number of hydrogen-bond donors (Lipinski definition) is 1. The molecule has 1 heterocycles. The Labute approximate surface area is 167 Å². The Hall–Kier alpha value is -2.44. The SMILES string of the molecule is Cc1cccc(/C=C/C(=O)Nc2cc(S(=O)(=O)N3CCCCC3)ccc2C)c1. The summed E-state index contributed by atoms with van der Waals surface area (Å²) < 4.78 is 27.3. The van der Waals surface area contributed by atoms with Gasteiger partial charge in [-0.2, -0.15) is 4.31 Å². The Bertz CT molecular complexity index is 991. The van der Waals surface area contributed by atoms with E-state index in [-0.39, 0.29) is 10.8 Å². The molecule has 0 spiro atoms. The van der Waals surface area contributed by atoms with E-state index in [1.807, 2.05) is 38.1 Å². The van der Waals surface area contributed by atoms with Gasteiger partial charge in [-0.3, -0.25) is 4.79 Å². The summed E-state index contributed by atoms with van der Waals surface area (Å²) in [4.78, 5) is 12.5. The van der Waals surface area contributed by atoms with Crippen LogP contribution in [0.15, 0.2) is 53.4 Å². The number of sulfonamides is 1. The van der Waals surface area contributed by atoms with Crippen molar-refractivity contribution in [2.45, 2.75) is 38.0 Å². The highest BCUT2D eigenvalue weighted by molar-refractivity contribution is 7.89. The van der Waals surface area contributed by atoms with Gasteiger partial charge in [0, 0.05) is 24.9 Å². The zero-order valence-electron chi connectivity index (χ0n) is 16.3. The highest BCUT2D eigenvalue weighted by Gasteiger charge is 2.26. The number of amides is 1. The third-order valence-corrected chi connectivity index (χ3v) is 6.78. The molecule has 1 fully saturated rings. The first-order chi connectivity index (χ1) is 13.4. The third-order valence-electron chi connectivity index (χ3n) is 4.89. The fraction of sp³-hybridized carbons (Fsp3) is 0.318. The molecule has 1 aliphatic rings. The van der Waals surface area contributed by atoms with E-state index in [4.69, 9.17) is 0 Å². The van der Waals surface area contributed by atoms with Crippen LogP contribution in [0.4, 0.5) is 5.69 Å². The van der Waals surface area contributed by atoms with E-state index in [1.54, 1.807) is 24.3 Å². The molecule has 0 aliphatic carbocycles. The van der Waals surface area contributed by atoms with Crippen LogP contribution in [-0.2, 0) is 14.8 Å². The maximum Gasteiger partial charge on any atom is 0.248 e. The average Bonchev–Trinajstić information content (AvgIpc) is 2.69. The summed E-state index contributed by atoms with van der Waals surface area (Å²) in [6, 6.07) is 12.7. The first kappa shape index (κ1) is 20.3. The van der Waals surface area contributed by atoms with Crippen LogP contribution in [-0.4, -0.2) is 31.7 Å². The molecular formula is C22H26N2O3S. The molecule has 0 aromatic heterocycles. The van der Waals surface area contributed by atoms with Crippen molar-refractivity contribution >= 4 is 27.7 Å². The fourth-order valence-corrected chi connectivity index (χ4v) is 4.81. The van der Waals surface area contributed by atoms with Crippen LogP contribution in [0.25, 0.3) is 6.08 Å². The predicted molar refractivity (Wildman–Crippen MR) is 113 cm³/mol. The standard InChI is InChI=1S/C22H26N2O3S/c1-17-7-6-8-19(15-17)10-12-22(25)23-21-16-20(11-9-18(21)2)28(26,27)24-13-4-3-5-14-24/h6-12,15-16H,3-5,13-14H2,1-2H3,(H,23,25)/b12-10+. The molecule has 0 saturated carbocycles. The van der Waals surface area contributed by atoms with E-state index in [0.29, 0.717) is 18.8 Å². The second kappa shape index (κ2) is 8.71. The van der Waals surface area contributed by atoms with Crippen LogP contribution >= 0.6 is 0 Å². The van der Waals surface area contributed by atoms with E-state index in [2.05, 4.69) is 5.32 Å². The van der Waals surface area contributed by atoms with Gasteiger partial charge in [-0.15, -0.1) is 0 Å². The normalized spacial score (nSPS) is 15.6. The van der Waals surface area contributed by atoms with Gasteiger partial charge in [0.05, 0.1) is 4.90 Å². The second-order valence-electron chi connectivity index (χ2n) is 7.18. The molecule has 1 saturated heterocycles. The Balaban J connectivity index is 1.77. The minimum atomic E-state index is -3.53. The first-order valence-corrected chi connectivity index (χ1v) is 11.0. The minimum absolute atomic E-state index is 0.220. The number of nitrogens with zero attached hydrogens (tertiary/aromatic N) is 1. The van der Waals surface area contributed by atoms with E-state index < -0.39 is 10.0 Å². The van der Waals surface area contributed by atoms with Crippen molar-refractivity contribution in [3.05, 3.63) is 65.2 Å². The molecule has 3 rings (SSSR count). The summed E-state index contributed by atoms with van der Waals surface area (Å²) in [5.74, 6) is -0.294. The van der Waals surface area contributed by atoms with Crippen molar-refractivity contribution in [2.24, 2.45) is 0 Å². The summed E-state index contributed by atoms with van der Waals surface area (Å²) >= 11 is 0. The Morgan fingerprint density at radius 1 is 1.04 bits per heavy atom. The maximum absolute atomic E-state index is 12.9. The Kier molecular flexibility index (Phi) is 6.31. The molecular weight excluding hydrogens is 372 g/mol. The lowest BCUT2D eigenvalue weighted by Gasteiger charge is -2.26. The molecule has 6 heteroatoms. The molecule has 1 N–H and O–H groups in total. The highest BCUT2D eigenvalue weighted by Crippen LogP contribution is 2.25. The second-order valence-corrected chi connectivity index (χ2v) is 9.12. The van der Waals surface area contributed by atoms with Crippen molar-refractivity contribution in [3.8, 4) is 0 Å². The van der Waals surface area contributed by atoms with Crippen molar-refractivity contribution in [1.29, 1.82) is 0 Å². The van der Waals surface area contributed by atoms with Gasteiger partial charge < -0.3 is 5.32 Å². The lowest BCUT2D eigenvalue weighted by molar-refractivity contribution is -0.111. The Morgan fingerprint density at radius 2 is 1.79 bits per heavy atom. The van der Waals surface area contributed by atoms with Crippen LogP contribution in [0.2, 0.25) is 0 Å². The molecule has 0 bridgehead atoms. The predicted octanol–water partition coefficient (Wildman–Crippen LogP) is 4.13. The molecule has 0 unspecified atom stereocenters. The molecule has 148 valence electrons. The number of hydrogen-bond acceptors (Lipinski definition) is 3. The number of carbonyl (C=O) groups is 1. The summed E-state index contributed by atoms with van der Waals surface area (Å²) in [7, 11) is -3.53. The lowest BCUT2D eigenvalue weighted by atomic mass is 10.1. The van der Waals surface area contributed by atoms with Crippen LogP contribution in [0, 0.1) is 13.8 Å². The van der Waals surface area contributed by atoms with Gasteiger partial charge >= 0.3 is 0 Å². The number of benzene rings is 2. The smallest absolute Gasteiger partial charge is 0.248 e. The molecule has 2 aromatic carbocycles. The van der Waals surface area contributed by atoms with Gasteiger partial charge in [0.25, 0.3) is 0 Å². The molecule has 0 radical (unpaired) electrons. The fourth-order valence-electron chi connectivity index (χ4n) is 3.27. The van der Waals surface area contributed by atoms with Gasteiger partial charge in [-0.25, -0.2) is 8.42 Å². The van der Waals surface area contributed by atoms with Gasteiger partial charge in [0.15, 0.2) is 0 Å². The molecule has 1 aliphatic heterocycles. The van der Waals surface area contributed by atoms with Crippen LogP contribution in [0.3, 0.4) is 0 Å². The first-order valence-electron chi connectivity index (χ1n) is 9.53. The van der Waals surface area contributed by atoms with Gasteiger partial charge in [-0.05, 0) is 56.0 Å². The number of piperidine rings is 1. The Morgan fingerprint density at radius 3 is 2.50 bits per heavy atom. The minimum Gasteiger partial charge on any atom is -0.322 e. The molecule has 5 nitrogen and oxygen atoms in total. The zero-order chi connectivity index (χ0) is 20.1.